The lowest BCUT2D eigenvalue weighted by molar-refractivity contribution is 0.00353. The average Bonchev–Trinajstić information content (AvgIpc) is 2.93. The SMILES string of the molecule is BrCC1(COc2ccc3c(c2)CCC3)CCOCC1. The second-order valence-electron chi connectivity index (χ2n) is 5.82. The number of hydrogen-bond acceptors (Lipinski definition) is 2. The summed E-state index contributed by atoms with van der Waals surface area (Å²) in [5.41, 5.74) is 3.24. The fourth-order valence-electron chi connectivity index (χ4n) is 3.00. The van der Waals surface area contributed by atoms with E-state index in [1.54, 1.807) is 0 Å². The van der Waals surface area contributed by atoms with Crippen LogP contribution in [0.5, 0.6) is 5.75 Å². The van der Waals surface area contributed by atoms with E-state index in [0.29, 0.717) is 0 Å². The van der Waals surface area contributed by atoms with Gasteiger partial charge in [-0.3, -0.25) is 0 Å². The van der Waals surface area contributed by atoms with Crippen molar-refractivity contribution < 1.29 is 9.47 Å². The van der Waals surface area contributed by atoms with Crippen molar-refractivity contribution >= 4 is 15.9 Å². The van der Waals surface area contributed by atoms with E-state index in [4.69, 9.17) is 9.47 Å². The lowest BCUT2D eigenvalue weighted by atomic mass is 9.83. The number of fused-ring (bicyclic) bond motifs is 1. The van der Waals surface area contributed by atoms with Crippen molar-refractivity contribution in [1.82, 2.24) is 0 Å². The fourth-order valence-corrected chi connectivity index (χ4v) is 3.72. The number of halogens is 1. The molecule has 0 aromatic heterocycles. The van der Waals surface area contributed by atoms with Gasteiger partial charge in [0.1, 0.15) is 5.75 Å². The summed E-state index contributed by atoms with van der Waals surface area (Å²) in [6, 6.07) is 6.61. The van der Waals surface area contributed by atoms with Crippen molar-refractivity contribution in [3.05, 3.63) is 29.3 Å². The van der Waals surface area contributed by atoms with Crippen LogP contribution in [-0.4, -0.2) is 25.2 Å². The Kier molecular flexibility index (Phi) is 4.13. The zero-order valence-electron chi connectivity index (χ0n) is 11.3. The fraction of sp³-hybridized carbons (Fsp3) is 0.625. The second kappa shape index (κ2) is 5.84. The molecule has 1 heterocycles. The highest BCUT2D eigenvalue weighted by atomic mass is 79.9. The Morgan fingerprint density at radius 3 is 2.74 bits per heavy atom. The Morgan fingerprint density at radius 1 is 1.16 bits per heavy atom. The van der Waals surface area contributed by atoms with E-state index in [9.17, 15) is 0 Å². The highest BCUT2D eigenvalue weighted by Gasteiger charge is 2.32. The smallest absolute Gasteiger partial charge is 0.119 e. The zero-order valence-corrected chi connectivity index (χ0v) is 12.9. The molecule has 1 aromatic carbocycles. The van der Waals surface area contributed by atoms with Crippen LogP contribution in [0.15, 0.2) is 18.2 Å². The van der Waals surface area contributed by atoms with Gasteiger partial charge in [-0.25, -0.2) is 0 Å². The molecule has 0 saturated carbocycles. The van der Waals surface area contributed by atoms with Gasteiger partial charge in [0.05, 0.1) is 6.61 Å². The van der Waals surface area contributed by atoms with Crippen LogP contribution in [0, 0.1) is 5.41 Å². The molecule has 0 unspecified atom stereocenters. The third-order valence-corrected chi connectivity index (χ3v) is 5.64. The molecule has 2 aliphatic rings. The molecule has 0 bridgehead atoms. The summed E-state index contributed by atoms with van der Waals surface area (Å²) in [6.45, 7) is 2.51. The predicted molar refractivity (Wildman–Crippen MR) is 80.2 cm³/mol. The molecule has 1 aliphatic heterocycles. The molecule has 1 saturated heterocycles. The molecule has 2 nitrogen and oxygen atoms in total. The Morgan fingerprint density at radius 2 is 1.95 bits per heavy atom. The van der Waals surface area contributed by atoms with Crippen LogP contribution in [0.3, 0.4) is 0 Å². The van der Waals surface area contributed by atoms with Gasteiger partial charge >= 0.3 is 0 Å². The number of rotatable bonds is 4. The van der Waals surface area contributed by atoms with E-state index in [1.165, 1.54) is 30.4 Å². The van der Waals surface area contributed by atoms with Crippen molar-refractivity contribution in [1.29, 1.82) is 0 Å². The van der Waals surface area contributed by atoms with E-state index in [2.05, 4.69) is 34.1 Å². The maximum atomic E-state index is 6.08. The maximum Gasteiger partial charge on any atom is 0.119 e. The summed E-state index contributed by atoms with van der Waals surface area (Å²) in [4.78, 5) is 0. The molecule has 3 heteroatoms. The molecule has 0 amide bonds. The van der Waals surface area contributed by atoms with Crippen molar-refractivity contribution in [2.24, 2.45) is 5.41 Å². The van der Waals surface area contributed by atoms with E-state index >= 15 is 0 Å². The zero-order chi connectivity index (χ0) is 13.1. The third kappa shape index (κ3) is 2.97. The first-order valence-corrected chi connectivity index (χ1v) is 8.32. The van der Waals surface area contributed by atoms with E-state index < -0.39 is 0 Å². The van der Waals surface area contributed by atoms with Crippen molar-refractivity contribution in [3.63, 3.8) is 0 Å². The first-order chi connectivity index (χ1) is 9.31. The standard InChI is InChI=1S/C16H21BrO2/c17-11-16(6-8-18-9-7-16)12-19-15-5-4-13-2-1-3-14(13)10-15/h4-5,10H,1-3,6-9,11-12H2. The number of alkyl halides is 1. The van der Waals surface area contributed by atoms with E-state index in [-0.39, 0.29) is 5.41 Å². The van der Waals surface area contributed by atoms with Crippen LogP contribution in [0.4, 0.5) is 0 Å². The lowest BCUT2D eigenvalue weighted by Crippen LogP contribution is -2.36. The summed E-state index contributed by atoms with van der Waals surface area (Å²) in [6.07, 6.45) is 5.91. The van der Waals surface area contributed by atoms with E-state index in [0.717, 1.165) is 43.7 Å². The summed E-state index contributed by atoms with van der Waals surface area (Å²) in [5, 5.41) is 0.994. The van der Waals surface area contributed by atoms with Crippen LogP contribution in [0.2, 0.25) is 0 Å². The normalized spacial score (nSPS) is 21.1. The number of ether oxygens (including phenoxy) is 2. The van der Waals surface area contributed by atoms with Gasteiger partial charge in [-0.1, -0.05) is 22.0 Å². The highest BCUT2D eigenvalue weighted by molar-refractivity contribution is 9.09. The summed E-state index contributed by atoms with van der Waals surface area (Å²) < 4.78 is 11.5. The van der Waals surface area contributed by atoms with Crippen LogP contribution in [0.1, 0.15) is 30.4 Å². The molecule has 1 fully saturated rings. The Hall–Kier alpha value is -0.540. The van der Waals surface area contributed by atoms with Gasteiger partial charge in [-0.2, -0.15) is 0 Å². The summed E-state index contributed by atoms with van der Waals surface area (Å²) in [7, 11) is 0. The highest BCUT2D eigenvalue weighted by Crippen LogP contribution is 2.34. The van der Waals surface area contributed by atoms with Crippen molar-refractivity contribution in [2.75, 3.05) is 25.2 Å². The molecular weight excluding hydrogens is 304 g/mol. The molecule has 0 N–H and O–H groups in total. The second-order valence-corrected chi connectivity index (χ2v) is 6.38. The minimum Gasteiger partial charge on any atom is -0.493 e. The number of benzene rings is 1. The average molecular weight is 325 g/mol. The Bertz CT molecular complexity index is 438. The van der Waals surface area contributed by atoms with E-state index in [1.807, 2.05) is 0 Å². The van der Waals surface area contributed by atoms with Crippen molar-refractivity contribution in [2.45, 2.75) is 32.1 Å². The first kappa shape index (κ1) is 13.4. The minimum atomic E-state index is 0.247. The Labute approximate surface area is 123 Å². The largest absolute Gasteiger partial charge is 0.493 e. The van der Waals surface area contributed by atoms with Gasteiger partial charge in [-0.15, -0.1) is 0 Å². The van der Waals surface area contributed by atoms with Crippen LogP contribution >= 0.6 is 15.9 Å². The molecule has 1 aromatic rings. The molecule has 1 aliphatic carbocycles. The number of aryl methyl sites for hydroxylation is 2. The van der Waals surface area contributed by atoms with Gasteiger partial charge in [-0.05, 0) is 55.4 Å². The summed E-state index contributed by atoms with van der Waals surface area (Å²) >= 11 is 3.66. The molecule has 3 rings (SSSR count). The monoisotopic (exact) mass is 324 g/mol. The third-order valence-electron chi connectivity index (χ3n) is 4.45. The van der Waals surface area contributed by atoms with Gasteiger partial charge < -0.3 is 9.47 Å². The summed E-state index contributed by atoms with van der Waals surface area (Å²) in [5.74, 6) is 1.03. The predicted octanol–water partition coefficient (Wildman–Crippen LogP) is 3.75. The van der Waals surface area contributed by atoms with Crippen LogP contribution < -0.4 is 4.74 Å². The Balaban J connectivity index is 1.65. The molecule has 0 atom stereocenters. The maximum absolute atomic E-state index is 6.08. The van der Waals surface area contributed by atoms with Gasteiger partial charge in [0.25, 0.3) is 0 Å². The molecule has 0 radical (unpaired) electrons. The topological polar surface area (TPSA) is 18.5 Å². The minimum absolute atomic E-state index is 0.247. The number of hydrogen-bond donors (Lipinski definition) is 0. The quantitative estimate of drug-likeness (QED) is 0.785. The van der Waals surface area contributed by atoms with Gasteiger partial charge in [0.15, 0.2) is 0 Å². The molecule has 104 valence electrons. The molecule has 0 spiro atoms. The van der Waals surface area contributed by atoms with Crippen molar-refractivity contribution in [3.8, 4) is 5.75 Å². The van der Waals surface area contributed by atoms with Crippen LogP contribution in [-0.2, 0) is 17.6 Å². The lowest BCUT2D eigenvalue weighted by Gasteiger charge is -2.35. The molecular formula is C16H21BrO2. The first-order valence-electron chi connectivity index (χ1n) is 7.20. The van der Waals surface area contributed by atoms with Gasteiger partial charge in [0, 0.05) is 24.0 Å². The van der Waals surface area contributed by atoms with Crippen LogP contribution in [0.25, 0.3) is 0 Å². The molecule has 19 heavy (non-hydrogen) atoms. The van der Waals surface area contributed by atoms with Gasteiger partial charge in [0.2, 0.25) is 0 Å².